The molecular formula is C17H17NO3. The van der Waals surface area contributed by atoms with Crippen molar-refractivity contribution in [2.75, 3.05) is 6.61 Å². The zero-order valence-electron chi connectivity index (χ0n) is 11.8. The van der Waals surface area contributed by atoms with Crippen LogP contribution < -0.4 is 14.8 Å². The zero-order valence-corrected chi connectivity index (χ0v) is 11.8. The molecule has 3 rings (SSSR count). The SMILES string of the molecule is Cc1ccccc1CNC(=O)[C@H]1COc2ccccc2O1. The molecule has 4 heteroatoms. The highest BCUT2D eigenvalue weighted by Crippen LogP contribution is 2.30. The molecule has 1 amide bonds. The maximum absolute atomic E-state index is 12.2. The average Bonchev–Trinajstić information content (AvgIpc) is 2.53. The van der Waals surface area contributed by atoms with E-state index in [0.717, 1.165) is 11.1 Å². The minimum atomic E-state index is -0.607. The Hall–Kier alpha value is -2.49. The van der Waals surface area contributed by atoms with Gasteiger partial charge in [0.25, 0.3) is 5.91 Å². The molecule has 0 spiro atoms. The van der Waals surface area contributed by atoms with Gasteiger partial charge >= 0.3 is 0 Å². The van der Waals surface area contributed by atoms with Crippen LogP contribution in [0.5, 0.6) is 11.5 Å². The van der Waals surface area contributed by atoms with Gasteiger partial charge in [-0.1, -0.05) is 36.4 Å². The number of aryl methyl sites for hydroxylation is 1. The van der Waals surface area contributed by atoms with Crippen LogP contribution in [0.1, 0.15) is 11.1 Å². The van der Waals surface area contributed by atoms with E-state index in [9.17, 15) is 4.79 Å². The molecule has 0 aliphatic carbocycles. The van der Waals surface area contributed by atoms with E-state index in [1.165, 1.54) is 0 Å². The van der Waals surface area contributed by atoms with E-state index < -0.39 is 6.10 Å². The van der Waals surface area contributed by atoms with Gasteiger partial charge in [0.05, 0.1) is 0 Å². The van der Waals surface area contributed by atoms with Crippen molar-refractivity contribution in [2.45, 2.75) is 19.6 Å². The Kier molecular flexibility index (Phi) is 3.77. The summed E-state index contributed by atoms with van der Waals surface area (Å²) in [4.78, 5) is 12.2. The Morgan fingerprint density at radius 3 is 2.67 bits per heavy atom. The largest absolute Gasteiger partial charge is 0.485 e. The Labute approximate surface area is 123 Å². The molecular weight excluding hydrogens is 266 g/mol. The van der Waals surface area contributed by atoms with Crippen molar-refractivity contribution >= 4 is 5.91 Å². The van der Waals surface area contributed by atoms with Gasteiger partial charge in [0.2, 0.25) is 6.10 Å². The van der Waals surface area contributed by atoms with Crippen molar-refractivity contribution < 1.29 is 14.3 Å². The average molecular weight is 283 g/mol. The van der Waals surface area contributed by atoms with E-state index in [1.807, 2.05) is 49.4 Å². The first-order chi connectivity index (χ1) is 10.2. The third-order valence-corrected chi connectivity index (χ3v) is 3.52. The van der Waals surface area contributed by atoms with Gasteiger partial charge in [-0.15, -0.1) is 0 Å². The normalized spacial score (nSPS) is 16.3. The summed E-state index contributed by atoms with van der Waals surface area (Å²) in [5.41, 5.74) is 2.26. The standard InChI is InChI=1S/C17H17NO3/c1-12-6-2-3-7-13(12)10-18-17(19)16-11-20-14-8-4-5-9-15(14)21-16/h2-9,16H,10-11H2,1H3,(H,18,19)/t16-/m1/s1. The fourth-order valence-electron chi connectivity index (χ4n) is 2.25. The Bertz CT molecular complexity index is 654. The van der Waals surface area contributed by atoms with Crippen LogP contribution in [0.4, 0.5) is 0 Å². The van der Waals surface area contributed by atoms with Gasteiger partial charge in [0, 0.05) is 6.54 Å². The molecule has 2 aromatic rings. The summed E-state index contributed by atoms with van der Waals surface area (Å²) in [7, 11) is 0. The molecule has 0 saturated heterocycles. The number of carbonyl (C=O) groups is 1. The highest BCUT2D eigenvalue weighted by Gasteiger charge is 2.26. The highest BCUT2D eigenvalue weighted by atomic mass is 16.6. The van der Waals surface area contributed by atoms with E-state index in [-0.39, 0.29) is 12.5 Å². The number of fused-ring (bicyclic) bond motifs is 1. The number of hydrogen-bond donors (Lipinski definition) is 1. The number of carbonyl (C=O) groups excluding carboxylic acids is 1. The van der Waals surface area contributed by atoms with E-state index in [0.29, 0.717) is 18.0 Å². The van der Waals surface area contributed by atoms with Gasteiger partial charge in [-0.05, 0) is 30.2 Å². The monoisotopic (exact) mass is 283 g/mol. The highest BCUT2D eigenvalue weighted by molar-refractivity contribution is 5.81. The fraction of sp³-hybridized carbons (Fsp3) is 0.235. The molecule has 2 aromatic carbocycles. The summed E-state index contributed by atoms with van der Waals surface area (Å²) in [6.45, 7) is 2.75. The number of amides is 1. The molecule has 1 heterocycles. The topological polar surface area (TPSA) is 47.6 Å². The minimum Gasteiger partial charge on any atom is -0.485 e. The van der Waals surface area contributed by atoms with Crippen LogP contribution in [0.2, 0.25) is 0 Å². The summed E-state index contributed by atoms with van der Waals surface area (Å²) in [5.74, 6) is 1.13. The summed E-state index contributed by atoms with van der Waals surface area (Å²) < 4.78 is 11.2. The lowest BCUT2D eigenvalue weighted by molar-refractivity contribution is -0.130. The van der Waals surface area contributed by atoms with E-state index in [4.69, 9.17) is 9.47 Å². The molecule has 0 unspecified atom stereocenters. The molecule has 1 aliphatic heterocycles. The fourth-order valence-corrected chi connectivity index (χ4v) is 2.25. The van der Waals surface area contributed by atoms with Gasteiger partial charge in [0.1, 0.15) is 6.61 Å². The van der Waals surface area contributed by atoms with Gasteiger partial charge in [-0.25, -0.2) is 0 Å². The lowest BCUT2D eigenvalue weighted by atomic mass is 10.1. The lowest BCUT2D eigenvalue weighted by Gasteiger charge is -2.25. The molecule has 0 aromatic heterocycles. The van der Waals surface area contributed by atoms with Crippen molar-refractivity contribution in [3.8, 4) is 11.5 Å². The minimum absolute atomic E-state index is 0.159. The molecule has 108 valence electrons. The van der Waals surface area contributed by atoms with Gasteiger partial charge in [-0.3, -0.25) is 4.79 Å². The van der Waals surface area contributed by atoms with Crippen molar-refractivity contribution in [3.63, 3.8) is 0 Å². The maximum Gasteiger partial charge on any atom is 0.264 e. The second-order valence-electron chi connectivity index (χ2n) is 5.01. The third-order valence-electron chi connectivity index (χ3n) is 3.52. The third kappa shape index (κ3) is 2.99. The molecule has 0 saturated carbocycles. The molecule has 1 atom stereocenters. The van der Waals surface area contributed by atoms with Crippen molar-refractivity contribution in [3.05, 3.63) is 59.7 Å². The second kappa shape index (κ2) is 5.87. The van der Waals surface area contributed by atoms with E-state index in [1.54, 1.807) is 6.07 Å². The first-order valence-corrected chi connectivity index (χ1v) is 6.95. The first-order valence-electron chi connectivity index (χ1n) is 6.95. The molecule has 4 nitrogen and oxygen atoms in total. The van der Waals surface area contributed by atoms with Crippen LogP contribution in [0.25, 0.3) is 0 Å². The zero-order chi connectivity index (χ0) is 14.7. The Balaban J connectivity index is 1.61. The molecule has 21 heavy (non-hydrogen) atoms. The Morgan fingerprint density at radius 1 is 1.14 bits per heavy atom. The summed E-state index contributed by atoms with van der Waals surface area (Å²) >= 11 is 0. The Morgan fingerprint density at radius 2 is 1.86 bits per heavy atom. The smallest absolute Gasteiger partial charge is 0.264 e. The summed E-state index contributed by atoms with van der Waals surface area (Å²) in [6, 6.07) is 15.3. The van der Waals surface area contributed by atoms with Crippen molar-refractivity contribution in [1.29, 1.82) is 0 Å². The molecule has 0 bridgehead atoms. The maximum atomic E-state index is 12.2. The second-order valence-corrected chi connectivity index (χ2v) is 5.01. The number of ether oxygens (including phenoxy) is 2. The lowest BCUT2D eigenvalue weighted by Crippen LogP contribution is -2.43. The molecule has 0 radical (unpaired) electrons. The van der Waals surface area contributed by atoms with Crippen molar-refractivity contribution in [1.82, 2.24) is 5.32 Å². The van der Waals surface area contributed by atoms with Crippen molar-refractivity contribution in [2.24, 2.45) is 0 Å². The number of hydrogen-bond acceptors (Lipinski definition) is 3. The quantitative estimate of drug-likeness (QED) is 0.941. The number of rotatable bonds is 3. The van der Waals surface area contributed by atoms with Gasteiger partial charge in [0.15, 0.2) is 11.5 Å². The number of para-hydroxylation sites is 2. The first kappa shape index (κ1) is 13.5. The predicted octanol–water partition coefficient (Wildman–Crippen LogP) is 2.45. The molecule has 0 fully saturated rings. The van der Waals surface area contributed by atoms with Gasteiger partial charge in [-0.2, -0.15) is 0 Å². The van der Waals surface area contributed by atoms with Crippen LogP contribution in [-0.4, -0.2) is 18.6 Å². The van der Waals surface area contributed by atoms with Crippen LogP contribution in [0.3, 0.4) is 0 Å². The molecule has 1 aliphatic rings. The molecule has 1 N–H and O–H groups in total. The van der Waals surface area contributed by atoms with Crippen LogP contribution in [0, 0.1) is 6.92 Å². The summed E-state index contributed by atoms with van der Waals surface area (Å²) in [5, 5.41) is 2.90. The van der Waals surface area contributed by atoms with Gasteiger partial charge < -0.3 is 14.8 Å². The van der Waals surface area contributed by atoms with Crippen LogP contribution >= 0.6 is 0 Å². The van der Waals surface area contributed by atoms with E-state index >= 15 is 0 Å². The number of nitrogens with one attached hydrogen (secondary N) is 1. The van der Waals surface area contributed by atoms with E-state index in [2.05, 4.69) is 5.32 Å². The predicted molar refractivity (Wildman–Crippen MR) is 79.4 cm³/mol. The van der Waals surface area contributed by atoms with Crippen LogP contribution in [-0.2, 0) is 11.3 Å². The number of benzene rings is 2. The van der Waals surface area contributed by atoms with Crippen LogP contribution in [0.15, 0.2) is 48.5 Å². The summed E-state index contributed by atoms with van der Waals surface area (Å²) in [6.07, 6.45) is -0.607.